The van der Waals surface area contributed by atoms with Crippen molar-refractivity contribution >= 4 is 40.4 Å². The Bertz CT molecular complexity index is 1240. The van der Waals surface area contributed by atoms with Crippen molar-refractivity contribution in [1.29, 1.82) is 0 Å². The van der Waals surface area contributed by atoms with Crippen LogP contribution in [-0.4, -0.2) is 11.8 Å². The minimum atomic E-state index is -1.07. The maximum absolute atomic E-state index is 13.7. The minimum absolute atomic E-state index is 0.0312. The van der Waals surface area contributed by atoms with E-state index in [9.17, 15) is 18.4 Å². The highest BCUT2D eigenvalue weighted by Gasteiger charge is 2.40. The Balaban J connectivity index is 1.79. The number of hydrogen-bond acceptors (Lipinski definition) is 3. The summed E-state index contributed by atoms with van der Waals surface area (Å²) >= 11 is 5.98. The number of benzene rings is 3. The molecule has 1 aliphatic heterocycles. The van der Waals surface area contributed by atoms with E-state index >= 15 is 0 Å². The lowest BCUT2D eigenvalue weighted by molar-refractivity contribution is -0.120. The van der Waals surface area contributed by atoms with Crippen LogP contribution in [0.2, 0.25) is 5.02 Å². The van der Waals surface area contributed by atoms with Crippen molar-refractivity contribution in [3.63, 3.8) is 0 Å². The summed E-state index contributed by atoms with van der Waals surface area (Å²) < 4.78 is 27.1. The second kappa shape index (κ2) is 8.55. The first-order valence-corrected chi connectivity index (χ1v) is 10.3. The molecule has 0 saturated carbocycles. The Morgan fingerprint density at radius 2 is 1.50 bits per heavy atom. The summed E-state index contributed by atoms with van der Waals surface area (Å²) in [4.78, 5) is 27.8. The van der Waals surface area contributed by atoms with Gasteiger partial charge in [0.05, 0.1) is 11.3 Å². The number of nitrogens with zero attached hydrogens (tertiary/aromatic N) is 1. The van der Waals surface area contributed by atoms with E-state index in [2.05, 4.69) is 5.32 Å². The van der Waals surface area contributed by atoms with Gasteiger partial charge in [0.2, 0.25) is 0 Å². The monoisotopic (exact) mass is 452 g/mol. The van der Waals surface area contributed by atoms with E-state index in [0.29, 0.717) is 22.2 Å². The van der Waals surface area contributed by atoms with Crippen LogP contribution in [-0.2, 0) is 9.59 Å². The Labute approximate surface area is 189 Å². The van der Waals surface area contributed by atoms with Gasteiger partial charge < -0.3 is 5.32 Å². The highest BCUT2D eigenvalue weighted by Crippen LogP contribution is 2.34. The van der Waals surface area contributed by atoms with Crippen LogP contribution in [0, 0.1) is 11.6 Å². The van der Waals surface area contributed by atoms with Crippen molar-refractivity contribution in [2.75, 3.05) is 10.2 Å². The normalized spacial score (nSPS) is 14.0. The molecule has 3 aromatic rings. The van der Waals surface area contributed by atoms with Gasteiger partial charge in [-0.05, 0) is 53.4 Å². The van der Waals surface area contributed by atoms with Crippen LogP contribution < -0.4 is 10.2 Å². The molecule has 7 heteroatoms. The third-order valence-corrected chi connectivity index (χ3v) is 5.48. The molecule has 0 radical (unpaired) electrons. The molecule has 32 heavy (non-hydrogen) atoms. The third-order valence-electron chi connectivity index (χ3n) is 5.22. The van der Waals surface area contributed by atoms with E-state index in [0.717, 1.165) is 22.6 Å². The molecule has 0 bridgehead atoms. The highest BCUT2D eigenvalue weighted by atomic mass is 35.5. The quantitative estimate of drug-likeness (QED) is 0.473. The van der Waals surface area contributed by atoms with Crippen molar-refractivity contribution in [2.24, 2.45) is 0 Å². The summed E-state index contributed by atoms with van der Waals surface area (Å²) in [6.45, 7) is 4.09. The third kappa shape index (κ3) is 4.01. The highest BCUT2D eigenvalue weighted by molar-refractivity contribution is 6.46. The van der Waals surface area contributed by atoms with E-state index in [1.807, 2.05) is 26.0 Å². The lowest BCUT2D eigenvalue weighted by atomic mass is 10.0. The molecule has 0 fully saturated rings. The molecule has 2 amide bonds. The second-order valence-electron chi connectivity index (χ2n) is 7.70. The van der Waals surface area contributed by atoms with Crippen LogP contribution in [0.25, 0.3) is 5.57 Å². The van der Waals surface area contributed by atoms with Crippen LogP contribution in [0.4, 0.5) is 20.2 Å². The average Bonchev–Trinajstić information content (AvgIpc) is 3.01. The lowest BCUT2D eigenvalue weighted by Gasteiger charge is -2.16. The first kappa shape index (κ1) is 21.7. The largest absolute Gasteiger partial charge is 0.350 e. The number of carbonyl (C=O) groups is 2. The smallest absolute Gasteiger partial charge is 0.282 e. The Kier molecular flexibility index (Phi) is 5.80. The summed E-state index contributed by atoms with van der Waals surface area (Å²) in [5.41, 5.74) is 2.18. The fraction of sp³-hybridized carbons (Fsp3) is 0.120. The molecule has 4 nitrogen and oxygen atoms in total. The zero-order chi connectivity index (χ0) is 23.0. The Hall–Kier alpha value is -3.51. The first-order chi connectivity index (χ1) is 15.3. The van der Waals surface area contributed by atoms with Gasteiger partial charge in [-0.3, -0.25) is 9.59 Å². The van der Waals surface area contributed by atoms with Gasteiger partial charge >= 0.3 is 0 Å². The number of hydrogen-bond donors (Lipinski definition) is 1. The van der Waals surface area contributed by atoms with Crippen LogP contribution >= 0.6 is 11.6 Å². The Morgan fingerprint density at radius 1 is 0.844 bits per heavy atom. The van der Waals surface area contributed by atoms with Gasteiger partial charge in [0.25, 0.3) is 11.8 Å². The molecular formula is C25H19ClF2N2O2. The van der Waals surface area contributed by atoms with E-state index < -0.39 is 23.4 Å². The molecule has 0 spiro atoms. The number of rotatable bonds is 5. The summed E-state index contributed by atoms with van der Waals surface area (Å²) in [7, 11) is 0. The second-order valence-corrected chi connectivity index (χ2v) is 8.14. The molecule has 0 atom stereocenters. The van der Waals surface area contributed by atoms with Crippen LogP contribution in [0.15, 0.2) is 72.4 Å². The van der Waals surface area contributed by atoms with E-state index in [1.165, 1.54) is 6.07 Å². The number of carbonyl (C=O) groups excluding carboxylic acids is 2. The molecule has 4 rings (SSSR count). The SMILES string of the molecule is CC(C)c1ccc(N2C(=O)C(Nc3ccc(F)c(F)c3)=C(c3ccc(Cl)cc3)C2=O)cc1. The lowest BCUT2D eigenvalue weighted by Crippen LogP contribution is -2.32. The zero-order valence-electron chi connectivity index (χ0n) is 17.3. The van der Waals surface area contributed by atoms with Gasteiger partial charge in [-0.25, -0.2) is 13.7 Å². The van der Waals surface area contributed by atoms with Crippen molar-refractivity contribution in [1.82, 2.24) is 0 Å². The summed E-state index contributed by atoms with van der Waals surface area (Å²) in [6, 6.07) is 16.8. The number of halogens is 3. The van der Waals surface area contributed by atoms with Crippen LogP contribution in [0.1, 0.15) is 30.9 Å². The molecule has 1 heterocycles. The van der Waals surface area contributed by atoms with Crippen molar-refractivity contribution in [2.45, 2.75) is 19.8 Å². The molecule has 3 aromatic carbocycles. The molecule has 1 aliphatic rings. The molecule has 0 aromatic heterocycles. The van der Waals surface area contributed by atoms with E-state index in [4.69, 9.17) is 11.6 Å². The van der Waals surface area contributed by atoms with Gasteiger partial charge in [0.15, 0.2) is 11.6 Å². The average molecular weight is 453 g/mol. The predicted molar refractivity (Wildman–Crippen MR) is 121 cm³/mol. The standard InChI is InChI=1S/C25H19ClF2N2O2/c1-14(2)15-5-10-19(11-6-15)30-24(31)22(16-3-7-17(26)8-4-16)23(25(30)32)29-18-9-12-20(27)21(28)13-18/h3-14,29H,1-2H3. The number of nitrogens with one attached hydrogen (secondary N) is 1. The number of imide groups is 1. The fourth-order valence-electron chi connectivity index (χ4n) is 3.49. The van der Waals surface area contributed by atoms with Gasteiger partial charge in [-0.1, -0.05) is 49.7 Å². The van der Waals surface area contributed by atoms with Crippen LogP contribution in [0.3, 0.4) is 0 Å². The molecular weight excluding hydrogens is 434 g/mol. The summed E-state index contributed by atoms with van der Waals surface area (Å²) in [5.74, 6) is -2.91. The van der Waals surface area contributed by atoms with Crippen molar-refractivity contribution < 1.29 is 18.4 Å². The zero-order valence-corrected chi connectivity index (χ0v) is 18.1. The van der Waals surface area contributed by atoms with Crippen molar-refractivity contribution in [3.8, 4) is 0 Å². The van der Waals surface area contributed by atoms with E-state index in [-0.39, 0.29) is 17.0 Å². The summed E-state index contributed by atoms with van der Waals surface area (Å²) in [6.07, 6.45) is 0. The maximum atomic E-state index is 13.7. The fourth-order valence-corrected chi connectivity index (χ4v) is 3.62. The summed E-state index contributed by atoms with van der Waals surface area (Å²) in [5, 5.41) is 3.28. The van der Waals surface area contributed by atoms with E-state index in [1.54, 1.807) is 36.4 Å². The number of amides is 2. The predicted octanol–water partition coefficient (Wildman–Crippen LogP) is 6.14. The molecule has 0 aliphatic carbocycles. The number of anilines is 2. The molecule has 0 unspecified atom stereocenters. The first-order valence-electron chi connectivity index (χ1n) is 9.97. The Morgan fingerprint density at radius 3 is 2.09 bits per heavy atom. The van der Waals surface area contributed by atoms with Crippen LogP contribution in [0.5, 0.6) is 0 Å². The minimum Gasteiger partial charge on any atom is -0.350 e. The molecule has 0 saturated heterocycles. The molecule has 1 N–H and O–H groups in total. The molecule has 162 valence electrons. The van der Waals surface area contributed by atoms with Gasteiger partial charge in [-0.15, -0.1) is 0 Å². The van der Waals surface area contributed by atoms with Gasteiger partial charge in [-0.2, -0.15) is 0 Å². The van der Waals surface area contributed by atoms with Gasteiger partial charge in [0.1, 0.15) is 5.70 Å². The maximum Gasteiger partial charge on any atom is 0.282 e. The topological polar surface area (TPSA) is 49.4 Å². The van der Waals surface area contributed by atoms with Crippen molar-refractivity contribution in [3.05, 3.63) is 100 Å². The van der Waals surface area contributed by atoms with Gasteiger partial charge in [0, 0.05) is 16.8 Å².